The molecule has 0 aliphatic carbocycles. The monoisotopic (exact) mass is 403 g/mol. The van der Waals surface area contributed by atoms with Gasteiger partial charge in [0.2, 0.25) is 5.78 Å². The van der Waals surface area contributed by atoms with Gasteiger partial charge in [-0.1, -0.05) is 42.1 Å². The van der Waals surface area contributed by atoms with Crippen molar-refractivity contribution >= 4 is 45.1 Å². The van der Waals surface area contributed by atoms with Gasteiger partial charge < -0.3 is 9.15 Å². The van der Waals surface area contributed by atoms with Gasteiger partial charge in [-0.15, -0.1) is 10.2 Å². The smallest absolute Gasteiger partial charge is 0.208 e. The molecule has 144 valence electrons. The van der Waals surface area contributed by atoms with Crippen LogP contribution in [-0.2, 0) is 0 Å². The standard InChI is InChI=1S/C22H17N3O3S/c1-13-10-20-23-24-22(25(20)21-15(13)7-5-9-18(21)27-2)29-12-16(26)19-11-14-6-3-4-8-17(14)28-19/h3-11H,12H2,1-2H3. The van der Waals surface area contributed by atoms with Crippen LogP contribution in [0, 0.1) is 6.92 Å². The summed E-state index contributed by atoms with van der Waals surface area (Å²) in [5.41, 5.74) is 3.42. The van der Waals surface area contributed by atoms with Crippen molar-refractivity contribution in [2.45, 2.75) is 12.1 Å². The van der Waals surface area contributed by atoms with Crippen molar-refractivity contribution in [2.24, 2.45) is 0 Å². The van der Waals surface area contributed by atoms with E-state index >= 15 is 0 Å². The molecule has 2 aromatic carbocycles. The molecule has 0 radical (unpaired) electrons. The van der Waals surface area contributed by atoms with Crippen molar-refractivity contribution in [3.05, 3.63) is 65.9 Å². The first-order chi connectivity index (χ1) is 14.2. The molecule has 7 heteroatoms. The maximum atomic E-state index is 12.7. The van der Waals surface area contributed by atoms with Crippen LogP contribution >= 0.6 is 11.8 Å². The van der Waals surface area contributed by atoms with E-state index in [-0.39, 0.29) is 11.5 Å². The number of hydrogen-bond acceptors (Lipinski definition) is 6. The van der Waals surface area contributed by atoms with Crippen molar-refractivity contribution in [3.8, 4) is 5.75 Å². The molecule has 5 rings (SSSR count). The number of ketones is 1. The molecule has 3 heterocycles. The lowest BCUT2D eigenvalue weighted by atomic mass is 10.1. The zero-order valence-corrected chi connectivity index (χ0v) is 16.7. The van der Waals surface area contributed by atoms with Gasteiger partial charge in [0.05, 0.1) is 18.4 Å². The van der Waals surface area contributed by atoms with Crippen LogP contribution in [0.3, 0.4) is 0 Å². The predicted octanol–water partition coefficient (Wildman–Crippen LogP) is 4.92. The van der Waals surface area contributed by atoms with Gasteiger partial charge >= 0.3 is 0 Å². The molecule has 5 aromatic rings. The molecule has 0 spiro atoms. The number of methoxy groups -OCH3 is 1. The number of rotatable bonds is 5. The largest absolute Gasteiger partial charge is 0.495 e. The maximum Gasteiger partial charge on any atom is 0.208 e. The number of para-hydroxylation sites is 2. The number of carbonyl (C=O) groups is 1. The second-order valence-electron chi connectivity index (χ2n) is 6.72. The molecule has 0 N–H and O–H groups in total. The summed E-state index contributed by atoms with van der Waals surface area (Å²) in [5.74, 6) is 1.20. The van der Waals surface area contributed by atoms with Crippen LogP contribution in [-0.4, -0.2) is 33.2 Å². The molecule has 0 atom stereocenters. The van der Waals surface area contributed by atoms with E-state index in [1.807, 2.05) is 59.9 Å². The molecule has 0 saturated heterocycles. The Morgan fingerprint density at radius 3 is 2.83 bits per heavy atom. The van der Waals surface area contributed by atoms with Gasteiger partial charge in [0, 0.05) is 10.8 Å². The summed E-state index contributed by atoms with van der Waals surface area (Å²) in [6, 6.07) is 17.3. The lowest BCUT2D eigenvalue weighted by molar-refractivity contribution is 0.0994. The van der Waals surface area contributed by atoms with Crippen LogP contribution in [0.5, 0.6) is 5.75 Å². The van der Waals surface area contributed by atoms with E-state index in [2.05, 4.69) is 10.2 Å². The van der Waals surface area contributed by atoms with Gasteiger partial charge in [0.15, 0.2) is 16.6 Å². The Labute approximate surface area is 170 Å². The summed E-state index contributed by atoms with van der Waals surface area (Å²) in [4.78, 5) is 12.7. The topological polar surface area (TPSA) is 69.6 Å². The normalized spacial score (nSPS) is 11.5. The minimum absolute atomic E-state index is 0.0914. The summed E-state index contributed by atoms with van der Waals surface area (Å²) in [6.07, 6.45) is 0. The van der Waals surface area contributed by atoms with Crippen molar-refractivity contribution in [1.82, 2.24) is 14.6 Å². The third-order valence-electron chi connectivity index (χ3n) is 4.90. The molecule has 0 amide bonds. The number of pyridine rings is 1. The first-order valence-corrected chi connectivity index (χ1v) is 10.1. The third-order valence-corrected chi connectivity index (χ3v) is 5.83. The number of nitrogens with zero attached hydrogens (tertiary/aromatic N) is 3. The quantitative estimate of drug-likeness (QED) is 0.306. The van der Waals surface area contributed by atoms with Crippen LogP contribution in [0.4, 0.5) is 0 Å². The molecule has 6 nitrogen and oxygen atoms in total. The van der Waals surface area contributed by atoms with Crippen LogP contribution in [0.25, 0.3) is 27.5 Å². The molecule has 0 bridgehead atoms. The highest BCUT2D eigenvalue weighted by molar-refractivity contribution is 7.99. The van der Waals surface area contributed by atoms with E-state index in [1.165, 1.54) is 11.8 Å². The zero-order valence-electron chi connectivity index (χ0n) is 15.9. The van der Waals surface area contributed by atoms with Gasteiger partial charge in [-0.3, -0.25) is 9.20 Å². The van der Waals surface area contributed by atoms with Crippen LogP contribution < -0.4 is 4.74 Å². The molecular weight excluding hydrogens is 386 g/mol. The Balaban J connectivity index is 1.52. The number of carbonyl (C=O) groups excluding carboxylic acids is 1. The SMILES string of the molecule is COc1cccc2c(C)cc3nnc(SCC(=O)c4cc5ccccc5o4)n3c12. The average molecular weight is 403 g/mol. The van der Waals surface area contributed by atoms with Gasteiger partial charge in [-0.2, -0.15) is 0 Å². The number of thioether (sulfide) groups is 1. The van der Waals surface area contributed by atoms with E-state index in [0.717, 1.165) is 33.2 Å². The number of furan rings is 1. The summed E-state index contributed by atoms with van der Waals surface area (Å²) in [6.45, 7) is 2.04. The number of benzene rings is 2. The minimum Gasteiger partial charge on any atom is -0.495 e. The van der Waals surface area contributed by atoms with Crippen molar-refractivity contribution in [1.29, 1.82) is 0 Å². The molecule has 29 heavy (non-hydrogen) atoms. The van der Waals surface area contributed by atoms with E-state index in [9.17, 15) is 4.79 Å². The zero-order chi connectivity index (χ0) is 20.0. The minimum atomic E-state index is -0.0914. The van der Waals surface area contributed by atoms with Gasteiger partial charge in [-0.25, -0.2) is 0 Å². The number of ether oxygens (including phenoxy) is 1. The maximum absolute atomic E-state index is 12.7. The molecule has 0 aliphatic rings. The number of aryl methyl sites for hydroxylation is 1. The number of aromatic nitrogens is 3. The molecule has 0 unspecified atom stereocenters. The van der Waals surface area contributed by atoms with Crippen molar-refractivity contribution in [2.75, 3.05) is 12.9 Å². The summed E-state index contributed by atoms with van der Waals surface area (Å²) < 4.78 is 13.2. The number of fused-ring (bicyclic) bond motifs is 4. The Hall–Kier alpha value is -3.32. The first-order valence-electron chi connectivity index (χ1n) is 9.12. The summed E-state index contributed by atoms with van der Waals surface area (Å²) in [7, 11) is 1.64. The van der Waals surface area contributed by atoms with Crippen LogP contribution in [0.2, 0.25) is 0 Å². The predicted molar refractivity (Wildman–Crippen MR) is 113 cm³/mol. The van der Waals surface area contributed by atoms with Crippen LogP contribution in [0.1, 0.15) is 16.1 Å². The van der Waals surface area contributed by atoms with E-state index in [1.54, 1.807) is 13.2 Å². The Morgan fingerprint density at radius 1 is 1.14 bits per heavy atom. The summed E-state index contributed by atoms with van der Waals surface area (Å²) in [5, 5.41) is 11.2. The van der Waals surface area contributed by atoms with Crippen molar-refractivity contribution in [3.63, 3.8) is 0 Å². The molecule has 0 fully saturated rings. The van der Waals surface area contributed by atoms with Gasteiger partial charge in [0.25, 0.3) is 0 Å². The van der Waals surface area contributed by atoms with E-state index in [0.29, 0.717) is 16.5 Å². The third kappa shape index (κ3) is 2.94. The van der Waals surface area contributed by atoms with Gasteiger partial charge in [0.1, 0.15) is 11.3 Å². The highest BCUT2D eigenvalue weighted by atomic mass is 32.2. The highest BCUT2D eigenvalue weighted by Gasteiger charge is 2.18. The summed E-state index contributed by atoms with van der Waals surface area (Å²) >= 11 is 1.33. The lowest BCUT2D eigenvalue weighted by Gasteiger charge is -2.11. The fourth-order valence-electron chi connectivity index (χ4n) is 3.51. The number of Topliss-reactive ketones (excluding diaryl/α,β-unsaturated/α-hetero) is 1. The molecule has 0 aliphatic heterocycles. The fourth-order valence-corrected chi connectivity index (χ4v) is 4.32. The second kappa shape index (κ2) is 6.93. The molecule has 0 saturated carbocycles. The van der Waals surface area contributed by atoms with E-state index in [4.69, 9.17) is 9.15 Å². The molecule has 3 aromatic heterocycles. The van der Waals surface area contributed by atoms with E-state index < -0.39 is 0 Å². The van der Waals surface area contributed by atoms with Crippen LogP contribution in [0.15, 0.2) is 64.2 Å². The first kappa shape index (κ1) is 17.8. The Kier molecular flexibility index (Phi) is 4.24. The highest BCUT2D eigenvalue weighted by Crippen LogP contribution is 2.32. The lowest BCUT2D eigenvalue weighted by Crippen LogP contribution is -2.02. The Bertz CT molecular complexity index is 1350. The number of hydrogen-bond donors (Lipinski definition) is 0. The second-order valence-corrected chi connectivity index (χ2v) is 7.66. The van der Waals surface area contributed by atoms with Gasteiger partial charge in [-0.05, 0) is 36.8 Å². The fraction of sp³-hybridized carbons (Fsp3) is 0.136. The average Bonchev–Trinajstić information content (AvgIpc) is 3.35. The Morgan fingerprint density at radius 2 is 2.00 bits per heavy atom. The van der Waals surface area contributed by atoms with Crippen molar-refractivity contribution < 1.29 is 13.9 Å². The molecular formula is C22H17N3O3S.